The van der Waals surface area contributed by atoms with Crippen molar-refractivity contribution in [3.05, 3.63) is 41.9 Å². The molecule has 0 N–H and O–H groups in total. The Labute approximate surface area is 129 Å². The molecule has 0 atom stereocenters. The van der Waals surface area contributed by atoms with E-state index in [4.69, 9.17) is 4.74 Å². The number of nitrogens with zero attached hydrogens (tertiary/aromatic N) is 4. The number of hydrogen-bond donors (Lipinski definition) is 0. The van der Waals surface area contributed by atoms with Gasteiger partial charge in [-0.2, -0.15) is 5.10 Å². The molecule has 3 heterocycles. The minimum atomic E-state index is -0.477. The molecule has 2 aromatic heterocycles. The lowest BCUT2D eigenvalue weighted by atomic mass is 10.1. The van der Waals surface area contributed by atoms with Crippen LogP contribution in [0.15, 0.2) is 30.6 Å². The molecule has 0 aromatic carbocycles. The Morgan fingerprint density at radius 2 is 2.14 bits per heavy atom. The standard InChI is InChI=1S/C16H20N4O2/c1-16(2,3)22-15(21)19-9-7-13-12(11-19)10-18-20(13)14-6-4-5-8-17-14/h4-6,8,10H,7,9,11H2,1-3H3. The summed E-state index contributed by atoms with van der Waals surface area (Å²) in [4.78, 5) is 18.2. The second-order valence-electron chi connectivity index (χ2n) is 6.37. The number of amides is 1. The molecule has 0 unspecified atom stereocenters. The van der Waals surface area contributed by atoms with Crippen molar-refractivity contribution in [3.8, 4) is 5.82 Å². The first-order valence-electron chi connectivity index (χ1n) is 7.39. The number of ether oxygens (including phenoxy) is 1. The molecule has 0 aliphatic carbocycles. The molecule has 0 fully saturated rings. The number of carbonyl (C=O) groups excluding carboxylic acids is 1. The largest absolute Gasteiger partial charge is 0.444 e. The number of hydrogen-bond acceptors (Lipinski definition) is 4. The first kappa shape index (κ1) is 14.6. The maximum Gasteiger partial charge on any atom is 0.410 e. The summed E-state index contributed by atoms with van der Waals surface area (Å²) in [6.07, 6.45) is 4.02. The highest BCUT2D eigenvalue weighted by Gasteiger charge is 2.28. The van der Waals surface area contributed by atoms with Crippen LogP contribution in [0.3, 0.4) is 0 Å². The van der Waals surface area contributed by atoms with E-state index in [-0.39, 0.29) is 6.09 Å². The van der Waals surface area contributed by atoms with E-state index >= 15 is 0 Å². The second kappa shape index (κ2) is 5.44. The molecule has 1 aliphatic heterocycles. The van der Waals surface area contributed by atoms with Crippen LogP contribution in [0.4, 0.5) is 4.79 Å². The van der Waals surface area contributed by atoms with Crippen molar-refractivity contribution < 1.29 is 9.53 Å². The van der Waals surface area contributed by atoms with Gasteiger partial charge >= 0.3 is 6.09 Å². The third kappa shape index (κ3) is 2.95. The van der Waals surface area contributed by atoms with E-state index in [0.29, 0.717) is 13.1 Å². The molecular weight excluding hydrogens is 280 g/mol. The van der Waals surface area contributed by atoms with Crippen LogP contribution in [0.2, 0.25) is 0 Å². The summed E-state index contributed by atoms with van der Waals surface area (Å²) < 4.78 is 7.28. The van der Waals surface area contributed by atoms with Gasteiger partial charge in [-0.3, -0.25) is 0 Å². The van der Waals surface area contributed by atoms with Gasteiger partial charge in [0.05, 0.1) is 18.4 Å². The van der Waals surface area contributed by atoms with E-state index in [1.54, 1.807) is 17.3 Å². The lowest BCUT2D eigenvalue weighted by Gasteiger charge is -2.30. The monoisotopic (exact) mass is 300 g/mol. The van der Waals surface area contributed by atoms with Gasteiger partial charge < -0.3 is 9.64 Å². The van der Waals surface area contributed by atoms with Gasteiger partial charge in [0.15, 0.2) is 5.82 Å². The average Bonchev–Trinajstić information content (AvgIpc) is 2.89. The Bertz CT molecular complexity index is 673. The van der Waals surface area contributed by atoms with E-state index in [1.807, 2.05) is 43.7 Å². The maximum atomic E-state index is 12.2. The third-order valence-electron chi connectivity index (χ3n) is 3.45. The van der Waals surface area contributed by atoms with Gasteiger partial charge in [-0.25, -0.2) is 14.5 Å². The predicted octanol–water partition coefficient (Wildman–Crippen LogP) is 2.56. The summed E-state index contributed by atoms with van der Waals surface area (Å²) in [5, 5.41) is 4.41. The van der Waals surface area contributed by atoms with E-state index < -0.39 is 5.60 Å². The summed E-state index contributed by atoms with van der Waals surface area (Å²) in [7, 11) is 0. The topological polar surface area (TPSA) is 60.2 Å². The maximum absolute atomic E-state index is 12.2. The number of carbonyl (C=O) groups is 1. The van der Waals surface area contributed by atoms with Crippen molar-refractivity contribution in [2.75, 3.05) is 6.54 Å². The molecule has 1 amide bonds. The van der Waals surface area contributed by atoms with Crippen molar-refractivity contribution in [2.45, 2.75) is 39.3 Å². The lowest BCUT2D eigenvalue weighted by Crippen LogP contribution is -2.40. The van der Waals surface area contributed by atoms with Crippen molar-refractivity contribution in [1.29, 1.82) is 0 Å². The summed E-state index contributed by atoms with van der Waals surface area (Å²) in [5.74, 6) is 0.800. The molecular formula is C16H20N4O2. The molecule has 3 rings (SSSR count). The first-order valence-corrected chi connectivity index (χ1v) is 7.39. The fraction of sp³-hybridized carbons (Fsp3) is 0.438. The third-order valence-corrected chi connectivity index (χ3v) is 3.45. The SMILES string of the molecule is CC(C)(C)OC(=O)N1CCc2c(cnn2-c2ccccn2)C1. The summed E-state index contributed by atoms with van der Waals surface area (Å²) in [5.41, 5.74) is 1.68. The van der Waals surface area contributed by atoms with Gasteiger partial charge in [-0.05, 0) is 32.9 Å². The highest BCUT2D eigenvalue weighted by atomic mass is 16.6. The van der Waals surface area contributed by atoms with Crippen molar-refractivity contribution in [3.63, 3.8) is 0 Å². The normalized spacial score (nSPS) is 14.6. The summed E-state index contributed by atoms with van der Waals surface area (Å²) >= 11 is 0. The Morgan fingerprint density at radius 3 is 2.82 bits per heavy atom. The fourth-order valence-electron chi connectivity index (χ4n) is 2.49. The lowest BCUT2D eigenvalue weighted by molar-refractivity contribution is 0.0223. The molecule has 0 spiro atoms. The molecule has 116 valence electrons. The van der Waals surface area contributed by atoms with E-state index in [0.717, 1.165) is 23.5 Å². The molecule has 0 saturated carbocycles. The molecule has 0 saturated heterocycles. The van der Waals surface area contributed by atoms with Crippen LogP contribution in [0.5, 0.6) is 0 Å². The van der Waals surface area contributed by atoms with Crippen LogP contribution in [0.1, 0.15) is 32.0 Å². The summed E-state index contributed by atoms with van der Waals surface area (Å²) in [6, 6.07) is 5.74. The Morgan fingerprint density at radius 1 is 1.32 bits per heavy atom. The predicted molar refractivity (Wildman–Crippen MR) is 81.7 cm³/mol. The van der Waals surface area contributed by atoms with Crippen molar-refractivity contribution >= 4 is 6.09 Å². The van der Waals surface area contributed by atoms with Crippen molar-refractivity contribution in [1.82, 2.24) is 19.7 Å². The highest BCUT2D eigenvalue weighted by Crippen LogP contribution is 2.22. The molecule has 22 heavy (non-hydrogen) atoms. The van der Waals surface area contributed by atoms with Gasteiger partial charge in [0.25, 0.3) is 0 Å². The highest BCUT2D eigenvalue weighted by molar-refractivity contribution is 5.68. The van der Waals surface area contributed by atoms with Crippen LogP contribution in [0.25, 0.3) is 5.82 Å². The fourth-order valence-corrected chi connectivity index (χ4v) is 2.49. The van der Waals surface area contributed by atoms with Crippen LogP contribution in [-0.2, 0) is 17.7 Å². The number of pyridine rings is 1. The number of rotatable bonds is 1. The molecule has 6 nitrogen and oxygen atoms in total. The zero-order valence-electron chi connectivity index (χ0n) is 13.1. The van der Waals surface area contributed by atoms with E-state index in [1.165, 1.54) is 0 Å². The van der Waals surface area contributed by atoms with Gasteiger partial charge in [0.2, 0.25) is 0 Å². The van der Waals surface area contributed by atoms with Gasteiger partial charge in [-0.1, -0.05) is 6.07 Å². The van der Waals surface area contributed by atoms with Crippen LogP contribution in [-0.4, -0.2) is 37.9 Å². The smallest absolute Gasteiger partial charge is 0.410 e. The molecule has 6 heteroatoms. The molecule has 2 aromatic rings. The van der Waals surface area contributed by atoms with Gasteiger partial charge in [0, 0.05) is 24.7 Å². The zero-order valence-corrected chi connectivity index (χ0v) is 13.1. The van der Waals surface area contributed by atoms with E-state index in [9.17, 15) is 4.79 Å². The Kier molecular flexibility index (Phi) is 3.60. The number of aromatic nitrogens is 3. The van der Waals surface area contributed by atoms with Crippen molar-refractivity contribution in [2.24, 2.45) is 0 Å². The Balaban J connectivity index is 1.78. The minimum absolute atomic E-state index is 0.274. The van der Waals surface area contributed by atoms with Gasteiger partial charge in [0.1, 0.15) is 5.60 Å². The Hall–Kier alpha value is -2.37. The molecule has 0 radical (unpaired) electrons. The van der Waals surface area contributed by atoms with Gasteiger partial charge in [-0.15, -0.1) is 0 Å². The van der Waals surface area contributed by atoms with Crippen LogP contribution >= 0.6 is 0 Å². The van der Waals surface area contributed by atoms with Crippen LogP contribution < -0.4 is 0 Å². The van der Waals surface area contributed by atoms with Crippen LogP contribution in [0, 0.1) is 0 Å². The summed E-state index contributed by atoms with van der Waals surface area (Å²) in [6.45, 7) is 6.77. The zero-order chi connectivity index (χ0) is 15.7. The second-order valence-corrected chi connectivity index (χ2v) is 6.37. The quantitative estimate of drug-likeness (QED) is 0.812. The van der Waals surface area contributed by atoms with E-state index in [2.05, 4.69) is 10.1 Å². The molecule has 0 bridgehead atoms. The minimum Gasteiger partial charge on any atom is -0.444 e. The number of fused-ring (bicyclic) bond motifs is 1. The molecule has 1 aliphatic rings. The average molecular weight is 300 g/mol. The first-order chi connectivity index (χ1) is 10.4.